The van der Waals surface area contributed by atoms with Gasteiger partial charge in [-0.2, -0.15) is 13.2 Å². The van der Waals surface area contributed by atoms with E-state index >= 15 is 0 Å². The standard InChI is InChI=1S/C20H20F3N3O2/c1-2-26(13-17-12-18(25-28-17)14-7-4-3-5-8-14)19(27)24-16-10-6-9-15(11-16)20(21,22)23/h3-11,17H,2,12-13H2,1H3,(H,24,27). The molecule has 0 saturated carbocycles. The zero-order chi connectivity index (χ0) is 20.1. The molecule has 3 rings (SSSR count). The monoisotopic (exact) mass is 391 g/mol. The number of rotatable bonds is 5. The summed E-state index contributed by atoms with van der Waals surface area (Å²) in [4.78, 5) is 19.4. The quantitative estimate of drug-likeness (QED) is 0.800. The van der Waals surface area contributed by atoms with Crippen LogP contribution in [0.15, 0.2) is 59.8 Å². The molecule has 1 aliphatic rings. The van der Waals surface area contributed by atoms with Gasteiger partial charge in [-0.3, -0.25) is 0 Å². The van der Waals surface area contributed by atoms with E-state index in [1.807, 2.05) is 30.3 Å². The molecule has 1 atom stereocenters. The molecular formula is C20H20F3N3O2. The lowest BCUT2D eigenvalue weighted by Gasteiger charge is -2.23. The van der Waals surface area contributed by atoms with E-state index in [9.17, 15) is 18.0 Å². The van der Waals surface area contributed by atoms with Crippen LogP contribution in [-0.2, 0) is 11.0 Å². The van der Waals surface area contributed by atoms with Crippen molar-refractivity contribution in [2.75, 3.05) is 18.4 Å². The number of benzene rings is 2. The maximum absolute atomic E-state index is 12.8. The van der Waals surface area contributed by atoms with Crippen molar-refractivity contribution < 1.29 is 22.8 Å². The molecular weight excluding hydrogens is 371 g/mol. The molecule has 148 valence electrons. The Kier molecular flexibility index (Phi) is 5.87. The molecule has 28 heavy (non-hydrogen) atoms. The third kappa shape index (κ3) is 4.82. The van der Waals surface area contributed by atoms with Gasteiger partial charge in [0.25, 0.3) is 0 Å². The molecule has 1 heterocycles. The Morgan fingerprint density at radius 3 is 2.64 bits per heavy atom. The zero-order valence-corrected chi connectivity index (χ0v) is 15.2. The molecule has 0 bridgehead atoms. The highest BCUT2D eigenvalue weighted by molar-refractivity contribution is 6.01. The number of nitrogens with zero attached hydrogens (tertiary/aromatic N) is 2. The van der Waals surface area contributed by atoms with Crippen LogP contribution in [0.5, 0.6) is 0 Å². The predicted molar refractivity (Wildman–Crippen MR) is 100 cm³/mol. The molecule has 5 nitrogen and oxygen atoms in total. The summed E-state index contributed by atoms with van der Waals surface area (Å²) >= 11 is 0. The molecule has 1 N–H and O–H groups in total. The van der Waals surface area contributed by atoms with Gasteiger partial charge >= 0.3 is 12.2 Å². The highest BCUT2D eigenvalue weighted by Crippen LogP contribution is 2.30. The highest BCUT2D eigenvalue weighted by atomic mass is 19.4. The lowest BCUT2D eigenvalue weighted by molar-refractivity contribution is -0.137. The predicted octanol–water partition coefficient (Wildman–Crippen LogP) is 4.75. The molecule has 0 aromatic heterocycles. The lowest BCUT2D eigenvalue weighted by Crippen LogP contribution is -2.40. The minimum absolute atomic E-state index is 0.0897. The number of hydrogen-bond acceptors (Lipinski definition) is 3. The number of likely N-dealkylation sites (N-methyl/N-ethyl adjacent to an activating group) is 1. The van der Waals surface area contributed by atoms with E-state index in [4.69, 9.17) is 4.84 Å². The van der Waals surface area contributed by atoms with Crippen LogP contribution < -0.4 is 5.32 Å². The number of hydrogen-bond donors (Lipinski definition) is 1. The Labute approximate surface area is 160 Å². The summed E-state index contributed by atoms with van der Waals surface area (Å²) in [5, 5.41) is 6.61. The minimum atomic E-state index is -4.46. The van der Waals surface area contributed by atoms with Crippen LogP contribution in [0, 0.1) is 0 Å². The average Bonchev–Trinajstić information content (AvgIpc) is 3.15. The Bertz CT molecular complexity index is 853. The van der Waals surface area contributed by atoms with Crippen LogP contribution in [0.2, 0.25) is 0 Å². The number of nitrogens with one attached hydrogen (secondary N) is 1. The number of carbonyl (C=O) groups excluding carboxylic acids is 1. The van der Waals surface area contributed by atoms with Gasteiger partial charge in [-0.15, -0.1) is 0 Å². The molecule has 1 unspecified atom stereocenters. The normalized spacial score (nSPS) is 16.3. The number of alkyl halides is 3. The first-order valence-electron chi connectivity index (χ1n) is 8.88. The van der Waals surface area contributed by atoms with E-state index in [1.54, 1.807) is 6.92 Å². The Morgan fingerprint density at radius 2 is 1.96 bits per heavy atom. The van der Waals surface area contributed by atoms with E-state index in [2.05, 4.69) is 10.5 Å². The summed E-state index contributed by atoms with van der Waals surface area (Å²) in [6, 6.07) is 13.7. The summed E-state index contributed by atoms with van der Waals surface area (Å²) < 4.78 is 38.5. The number of anilines is 1. The van der Waals surface area contributed by atoms with Gasteiger partial charge in [0.15, 0.2) is 6.10 Å². The van der Waals surface area contributed by atoms with Crippen LogP contribution in [0.1, 0.15) is 24.5 Å². The Morgan fingerprint density at radius 1 is 1.21 bits per heavy atom. The van der Waals surface area contributed by atoms with Gasteiger partial charge < -0.3 is 15.1 Å². The topological polar surface area (TPSA) is 53.9 Å². The summed E-state index contributed by atoms with van der Waals surface area (Å²) in [7, 11) is 0. The first kappa shape index (κ1) is 19.7. The number of amides is 2. The van der Waals surface area contributed by atoms with Crippen LogP contribution in [0.4, 0.5) is 23.7 Å². The number of oxime groups is 1. The second-order valence-corrected chi connectivity index (χ2v) is 6.38. The third-order valence-electron chi connectivity index (χ3n) is 4.37. The molecule has 0 radical (unpaired) electrons. The van der Waals surface area contributed by atoms with Gasteiger partial charge in [0.1, 0.15) is 0 Å². The first-order chi connectivity index (χ1) is 13.4. The maximum Gasteiger partial charge on any atom is 0.416 e. The van der Waals surface area contributed by atoms with Crippen molar-refractivity contribution in [3.05, 3.63) is 65.7 Å². The van der Waals surface area contributed by atoms with Crippen molar-refractivity contribution in [2.45, 2.75) is 25.6 Å². The summed E-state index contributed by atoms with van der Waals surface area (Å²) in [6.07, 6.45) is -4.21. The molecule has 0 aliphatic carbocycles. The molecule has 0 fully saturated rings. The molecule has 0 saturated heterocycles. The van der Waals surface area contributed by atoms with Crippen LogP contribution in [0.25, 0.3) is 0 Å². The second kappa shape index (κ2) is 8.33. The van der Waals surface area contributed by atoms with Crippen molar-refractivity contribution in [3.63, 3.8) is 0 Å². The fourth-order valence-electron chi connectivity index (χ4n) is 2.90. The molecule has 2 amide bonds. The largest absolute Gasteiger partial charge is 0.416 e. The number of halogens is 3. The molecule has 8 heteroatoms. The molecule has 1 aliphatic heterocycles. The molecule has 0 spiro atoms. The SMILES string of the molecule is CCN(CC1CC(c2ccccc2)=NO1)C(=O)Nc1cccc(C(F)(F)F)c1. The van der Waals surface area contributed by atoms with Gasteiger partial charge in [-0.05, 0) is 30.7 Å². The Hall–Kier alpha value is -3.03. The van der Waals surface area contributed by atoms with Crippen molar-refractivity contribution in [1.29, 1.82) is 0 Å². The lowest BCUT2D eigenvalue weighted by atomic mass is 10.1. The van der Waals surface area contributed by atoms with Crippen molar-refractivity contribution in [3.8, 4) is 0 Å². The first-order valence-corrected chi connectivity index (χ1v) is 8.88. The van der Waals surface area contributed by atoms with Crippen molar-refractivity contribution >= 4 is 17.4 Å². The third-order valence-corrected chi connectivity index (χ3v) is 4.37. The number of carbonyl (C=O) groups is 1. The maximum atomic E-state index is 12.8. The van der Waals surface area contributed by atoms with E-state index in [1.165, 1.54) is 17.0 Å². The average molecular weight is 391 g/mol. The van der Waals surface area contributed by atoms with Crippen LogP contribution in [0.3, 0.4) is 0 Å². The smallest absolute Gasteiger partial charge is 0.390 e. The summed E-state index contributed by atoms with van der Waals surface area (Å²) in [5.41, 5.74) is 1.04. The summed E-state index contributed by atoms with van der Waals surface area (Å²) in [5.74, 6) is 0. The molecule has 2 aromatic rings. The van der Waals surface area contributed by atoms with E-state index in [0.29, 0.717) is 13.0 Å². The van der Waals surface area contributed by atoms with Crippen molar-refractivity contribution in [2.24, 2.45) is 5.16 Å². The highest BCUT2D eigenvalue weighted by Gasteiger charge is 2.31. The fraction of sp³-hybridized carbons (Fsp3) is 0.300. The van der Waals surface area contributed by atoms with E-state index in [0.717, 1.165) is 23.4 Å². The Balaban J connectivity index is 1.59. The second-order valence-electron chi connectivity index (χ2n) is 6.38. The van der Waals surface area contributed by atoms with Gasteiger partial charge in [0.05, 0.1) is 17.8 Å². The summed E-state index contributed by atoms with van der Waals surface area (Å²) in [6.45, 7) is 2.45. The van der Waals surface area contributed by atoms with E-state index in [-0.39, 0.29) is 18.3 Å². The van der Waals surface area contributed by atoms with Crippen LogP contribution >= 0.6 is 0 Å². The zero-order valence-electron chi connectivity index (χ0n) is 15.2. The van der Waals surface area contributed by atoms with Gasteiger partial charge in [-0.25, -0.2) is 4.79 Å². The fourth-order valence-corrected chi connectivity index (χ4v) is 2.90. The minimum Gasteiger partial charge on any atom is -0.390 e. The van der Waals surface area contributed by atoms with Crippen molar-refractivity contribution in [1.82, 2.24) is 4.90 Å². The van der Waals surface area contributed by atoms with Gasteiger partial charge in [0, 0.05) is 18.7 Å². The number of urea groups is 1. The molecule has 2 aromatic carbocycles. The van der Waals surface area contributed by atoms with Gasteiger partial charge in [0.2, 0.25) is 0 Å². The van der Waals surface area contributed by atoms with Crippen LogP contribution in [-0.4, -0.2) is 35.8 Å². The van der Waals surface area contributed by atoms with E-state index < -0.39 is 17.8 Å². The van der Waals surface area contributed by atoms with Gasteiger partial charge in [-0.1, -0.05) is 41.6 Å².